The van der Waals surface area contributed by atoms with Gasteiger partial charge in [0.2, 0.25) is 11.8 Å². The fourth-order valence-corrected chi connectivity index (χ4v) is 5.52. The Morgan fingerprint density at radius 1 is 0.830 bits per heavy atom. The summed E-state index contributed by atoms with van der Waals surface area (Å²) in [6, 6.07) is 24.8. The zero-order valence-electron chi connectivity index (χ0n) is 28.1. The average Bonchev–Trinajstić information content (AvgIpc) is 3.16. The van der Waals surface area contributed by atoms with E-state index in [1.54, 1.807) is 73.7 Å². The van der Waals surface area contributed by atoms with Gasteiger partial charge in [0, 0.05) is 17.3 Å². The van der Waals surface area contributed by atoms with Gasteiger partial charge in [0.25, 0.3) is 0 Å². The van der Waals surface area contributed by atoms with Gasteiger partial charge in [-0.05, 0) is 48.9 Å². The lowest BCUT2D eigenvalue weighted by Gasteiger charge is -2.14. The molecule has 15 heteroatoms. The lowest BCUT2D eigenvalue weighted by Crippen LogP contribution is -2.06. The molecule has 0 saturated heterocycles. The third kappa shape index (κ3) is 9.41. The van der Waals surface area contributed by atoms with Gasteiger partial charge >= 0.3 is 5.97 Å². The summed E-state index contributed by atoms with van der Waals surface area (Å²) in [6.07, 6.45) is 4.03. The Morgan fingerprint density at radius 2 is 1.49 bits per heavy atom. The van der Waals surface area contributed by atoms with E-state index in [1.807, 2.05) is 0 Å². The van der Waals surface area contributed by atoms with Crippen LogP contribution in [0.1, 0.15) is 16.8 Å². The molecule has 0 unspecified atom stereocenters. The molecular weight excluding hydrogens is 746 g/mol. The van der Waals surface area contributed by atoms with Gasteiger partial charge in [-0.2, -0.15) is 10.4 Å². The Morgan fingerprint density at radius 3 is 2.15 bits per heavy atom. The van der Waals surface area contributed by atoms with Gasteiger partial charge in [-0.1, -0.05) is 77.3 Å². The predicted molar refractivity (Wildman–Crippen MR) is 197 cm³/mol. The minimum Gasteiger partial charge on any atom is -0.503 e. The fourth-order valence-electron chi connectivity index (χ4n) is 4.82. The Bertz CT molecular complexity index is 2340. The molecule has 0 radical (unpaired) electrons. The number of hydrogen-bond acceptors (Lipinski definition) is 11. The third-order valence-electron chi connectivity index (χ3n) is 7.16. The second kappa shape index (κ2) is 17.9. The van der Waals surface area contributed by atoms with Gasteiger partial charge in [-0.3, -0.25) is 4.98 Å². The van der Waals surface area contributed by atoms with E-state index >= 15 is 0 Å². The first-order valence-electron chi connectivity index (χ1n) is 15.3. The Labute approximate surface area is 318 Å². The summed E-state index contributed by atoms with van der Waals surface area (Å²) in [5, 5.41) is 18.1. The van der Waals surface area contributed by atoms with Crippen molar-refractivity contribution in [2.24, 2.45) is 0 Å². The van der Waals surface area contributed by atoms with Crippen LogP contribution in [0.25, 0.3) is 28.0 Å². The highest BCUT2D eigenvalue weighted by atomic mass is 35.5. The van der Waals surface area contributed by atoms with Crippen LogP contribution in [-0.4, -0.2) is 45.3 Å². The number of hydrogen-bond donors (Lipinski definition) is 0. The summed E-state index contributed by atoms with van der Waals surface area (Å²) < 4.78 is 34.6. The number of esters is 1. The normalized spacial score (nSPS) is 10.7. The minimum absolute atomic E-state index is 0.159. The highest BCUT2D eigenvalue weighted by Gasteiger charge is 2.21. The molecule has 53 heavy (non-hydrogen) atoms. The predicted octanol–water partition coefficient (Wildman–Crippen LogP) is 9.71. The van der Waals surface area contributed by atoms with Crippen molar-refractivity contribution >= 4 is 46.3 Å². The number of carbonyl (C=O) groups excluding carboxylic acids is 1. The first-order valence-corrected chi connectivity index (χ1v) is 16.4. The Kier molecular flexibility index (Phi) is 12.9. The number of rotatable bonds is 9. The van der Waals surface area contributed by atoms with Gasteiger partial charge in [0.05, 0.1) is 59.1 Å². The molecule has 3 heterocycles. The van der Waals surface area contributed by atoms with E-state index in [0.29, 0.717) is 55.2 Å². The van der Waals surface area contributed by atoms with Crippen molar-refractivity contribution in [1.29, 1.82) is 5.26 Å². The molecule has 266 valence electrons. The van der Waals surface area contributed by atoms with E-state index in [-0.39, 0.29) is 28.3 Å². The van der Waals surface area contributed by atoms with Crippen molar-refractivity contribution in [3.63, 3.8) is 0 Å². The third-order valence-corrected chi connectivity index (χ3v) is 7.91. The molecule has 0 spiro atoms. The van der Waals surface area contributed by atoms with Crippen LogP contribution in [0.2, 0.25) is 15.2 Å². The molecule has 0 fully saturated rings. The molecule has 0 saturated carbocycles. The van der Waals surface area contributed by atoms with Crippen molar-refractivity contribution in [2.75, 3.05) is 14.2 Å². The number of benzene rings is 3. The van der Waals surface area contributed by atoms with Gasteiger partial charge < -0.3 is 18.9 Å². The summed E-state index contributed by atoms with van der Waals surface area (Å²) in [5.41, 5.74) is 4.06. The van der Waals surface area contributed by atoms with Gasteiger partial charge in [0.15, 0.2) is 5.15 Å². The highest BCUT2D eigenvalue weighted by Crippen LogP contribution is 2.40. The van der Waals surface area contributed by atoms with E-state index in [4.69, 9.17) is 53.8 Å². The molecule has 6 aromatic rings. The van der Waals surface area contributed by atoms with Crippen molar-refractivity contribution < 1.29 is 28.1 Å². The van der Waals surface area contributed by atoms with E-state index in [9.17, 15) is 14.4 Å². The standard InChI is InChI=1S/C22H17N3O5.C16H9Cl3FN3/c1-27-13-17(22(26)28-2)16-8-4-6-10-19(16)30-21-11-20(24-14-25-21)29-18-9-5-3-7-15(18)12-23;1-8-13(9-2-4-11(20)5-3-9)14(16(19)23-22-8)15-12(18)6-10(17)7-21-15/h3-11,13-14H,1-2H3;2-7H,1H3/b17-13+;. The number of pyridine rings is 1. The summed E-state index contributed by atoms with van der Waals surface area (Å²) in [7, 11) is 2.71. The van der Waals surface area contributed by atoms with Crippen LogP contribution in [-0.2, 0) is 14.3 Å². The highest BCUT2D eigenvalue weighted by molar-refractivity contribution is 6.37. The number of aryl methyl sites for hydroxylation is 1. The van der Waals surface area contributed by atoms with E-state index in [1.165, 1.54) is 51.2 Å². The maximum Gasteiger partial charge on any atom is 0.341 e. The fraction of sp³-hybridized carbons (Fsp3) is 0.0789. The number of carbonyl (C=O) groups is 1. The molecule has 0 aliphatic heterocycles. The molecule has 0 bridgehead atoms. The smallest absolute Gasteiger partial charge is 0.341 e. The Hall–Kier alpha value is -6.13. The van der Waals surface area contributed by atoms with Crippen LogP contribution in [0.3, 0.4) is 0 Å². The van der Waals surface area contributed by atoms with Crippen LogP contribution in [0.15, 0.2) is 104 Å². The zero-order chi connectivity index (χ0) is 37.9. The van der Waals surface area contributed by atoms with Crippen molar-refractivity contribution in [2.45, 2.75) is 6.92 Å². The maximum absolute atomic E-state index is 13.2. The van der Waals surface area contributed by atoms with Gasteiger partial charge in [0.1, 0.15) is 35.3 Å². The van der Waals surface area contributed by atoms with Crippen LogP contribution >= 0.6 is 34.8 Å². The SMILES string of the molecule is CO/C=C(/C(=O)OC)c1ccccc1Oc1cc(Oc2ccccc2C#N)ncn1.Cc1nnc(Cl)c(-c2ncc(Cl)cc2Cl)c1-c1ccc(F)cc1. The number of nitriles is 1. The number of halogens is 4. The van der Waals surface area contributed by atoms with Crippen molar-refractivity contribution in [3.8, 4) is 51.7 Å². The molecule has 3 aromatic heterocycles. The zero-order valence-corrected chi connectivity index (χ0v) is 30.3. The topological polar surface area (TPSA) is 142 Å². The van der Waals surface area contributed by atoms with Crippen LogP contribution in [0.4, 0.5) is 4.39 Å². The number of nitrogens with zero attached hydrogens (tertiary/aromatic N) is 6. The van der Waals surface area contributed by atoms with Gasteiger partial charge in [-0.25, -0.2) is 19.2 Å². The van der Waals surface area contributed by atoms with Crippen LogP contribution in [0, 0.1) is 24.1 Å². The lowest BCUT2D eigenvalue weighted by atomic mass is 9.97. The van der Waals surface area contributed by atoms with Crippen molar-refractivity contribution in [1.82, 2.24) is 25.1 Å². The maximum atomic E-state index is 13.2. The van der Waals surface area contributed by atoms with E-state index in [0.717, 1.165) is 5.56 Å². The van der Waals surface area contributed by atoms with Crippen molar-refractivity contribution in [3.05, 3.63) is 142 Å². The Balaban J connectivity index is 0.000000211. The molecule has 0 aliphatic rings. The first kappa shape index (κ1) is 38.1. The lowest BCUT2D eigenvalue weighted by molar-refractivity contribution is -0.133. The van der Waals surface area contributed by atoms with E-state index < -0.39 is 5.97 Å². The summed E-state index contributed by atoms with van der Waals surface area (Å²) >= 11 is 18.4. The summed E-state index contributed by atoms with van der Waals surface area (Å²) in [4.78, 5) is 24.5. The quantitative estimate of drug-likeness (QED) is 0.0788. The number of para-hydroxylation sites is 2. The number of ether oxygens (including phenoxy) is 4. The molecular formula is C38H26Cl3FN6O5. The monoisotopic (exact) mass is 770 g/mol. The average molecular weight is 772 g/mol. The second-order valence-corrected chi connectivity index (χ2v) is 11.8. The number of methoxy groups -OCH3 is 2. The molecule has 0 amide bonds. The van der Waals surface area contributed by atoms with E-state index in [2.05, 4.69) is 31.2 Å². The molecule has 0 N–H and O–H groups in total. The molecule has 0 aliphatic carbocycles. The molecule has 0 atom stereocenters. The molecule has 11 nitrogen and oxygen atoms in total. The van der Waals surface area contributed by atoms with Gasteiger partial charge in [-0.15, -0.1) is 5.10 Å². The second-order valence-electron chi connectivity index (χ2n) is 10.6. The summed E-state index contributed by atoms with van der Waals surface area (Å²) in [5.74, 6) is 0.190. The minimum atomic E-state index is -0.576. The largest absolute Gasteiger partial charge is 0.503 e. The number of aromatic nitrogens is 5. The molecule has 6 rings (SSSR count). The first-order chi connectivity index (χ1) is 25.6. The van der Waals surface area contributed by atoms with Crippen LogP contribution in [0.5, 0.6) is 23.3 Å². The molecule has 3 aromatic carbocycles. The van der Waals surface area contributed by atoms with Crippen LogP contribution < -0.4 is 9.47 Å². The summed E-state index contributed by atoms with van der Waals surface area (Å²) in [6.45, 7) is 1.79.